The van der Waals surface area contributed by atoms with Crippen LogP contribution in [0.4, 0.5) is 0 Å². The van der Waals surface area contributed by atoms with Crippen molar-refractivity contribution in [1.82, 2.24) is 14.3 Å². The topological polar surface area (TPSA) is 81.1 Å². The normalized spacial score (nSPS) is 11.4. The molecule has 0 aliphatic rings. The molecule has 6 nitrogen and oxygen atoms in total. The molecule has 1 heterocycles. The summed E-state index contributed by atoms with van der Waals surface area (Å²) in [6.07, 6.45) is 1.25. The van der Waals surface area contributed by atoms with Gasteiger partial charge in [-0.2, -0.15) is 8.42 Å². The Morgan fingerprint density at radius 3 is 2.57 bits per heavy atom. The number of amides is 1. The van der Waals surface area contributed by atoms with Gasteiger partial charge in [0.1, 0.15) is 5.15 Å². The van der Waals surface area contributed by atoms with Crippen LogP contribution >= 0.6 is 11.6 Å². The highest BCUT2D eigenvalue weighted by Crippen LogP contribution is 2.17. The average Bonchev–Trinajstić information content (AvgIpc) is 2.30. The summed E-state index contributed by atoms with van der Waals surface area (Å²) in [5, 5.41) is -0.393. The van der Waals surface area contributed by atoms with Crippen LogP contribution in [0.3, 0.4) is 0 Å². The smallest absolute Gasteiger partial charge is 0.284 e. The summed E-state index contributed by atoms with van der Waals surface area (Å²) < 4.78 is 25.9. The lowest BCUT2D eigenvalue weighted by molar-refractivity contribution is -0.117. The van der Waals surface area contributed by atoms with E-state index in [1.807, 2.05) is 0 Å². The monoisotopic (exact) mass is 237 g/mol. The summed E-state index contributed by atoms with van der Waals surface area (Å²) in [5.41, 5.74) is 0. The molecule has 1 N–H and O–H groups in total. The molecule has 1 amide bonds. The van der Waals surface area contributed by atoms with E-state index in [2.05, 4.69) is 4.98 Å². The van der Waals surface area contributed by atoms with E-state index in [0.717, 1.165) is 6.92 Å². The van der Waals surface area contributed by atoms with Crippen molar-refractivity contribution in [3.05, 3.63) is 11.5 Å². The van der Waals surface area contributed by atoms with Gasteiger partial charge in [-0.1, -0.05) is 11.6 Å². The van der Waals surface area contributed by atoms with E-state index >= 15 is 0 Å². The van der Waals surface area contributed by atoms with E-state index in [0.29, 0.717) is 0 Å². The van der Waals surface area contributed by atoms with Crippen molar-refractivity contribution in [2.24, 2.45) is 7.05 Å². The SMILES string of the molecule is CC(=O)NS(=O)(=O)c1ncn(C)c1Cl. The van der Waals surface area contributed by atoms with Gasteiger partial charge in [0.2, 0.25) is 10.9 Å². The van der Waals surface area contributed by atoms with Crippen LogP contribution in [0.5, 0.6) is 0 Å². The Morgan fingerprint density at radius 1 is 1.64 bits per heavy atom. The number of hydrogen-bond donors (Lipinski definition) is 1. The van der Waals surface area contributed by atoms with Crippen LogP contribution < -0.4 is 4.72 Å². The Kier molecular flexibility index (Phi) is 2.81. The zero-order valence-corrected chi connectivity index (χ0v) is 9.06. The largest absolute Gasteiger partial charge is 0.324 e. The van der Waals surface area contributed by atoms with Crippen molar-refractivity contribution in [2.75, 3.05) is 0 Å². The van der Waals surface area contributed by atoms with Gasteiger partial charge in [-0.3, -0.25) is 4.79 Å². The summed E-state index contributed by atoms with van der Waals surface area (Å²) in [6.45, 7) is 1.09. The quantitative estimate of drug-likeness (QED) is 0.779. The molecular weight excluding hydrogens is 230 g/mol. The summed E-state index contributed by atoms with van der Waals surface area (Å²) in [6, 6.07) is 0. The predicted octanol–water partition coefficient (Wildman–Crippen LogP) is -0.102. The van der Waals surface area contributed by atoms with Gasteiger partial charge in [-0.05, 0) is 0 Å². The Labute approximate surface area is 85.9 Å². The minimum absolute atomic E-state index is 0.0428. The molecule has 0 spiro atoms. The van der Waals surface area contributed by atoms with Crippen LogP contribution in [-0.2, 0) is 21.9 Å². The van der Waals surface area contributed by atoms with Crippen molar-refractivity contribution < 1.29 is 13.2 Å². The van der Waals surface area contributed by atoms with Gasteiger partial charge in [0.15, 0.2) is 0 Å². The highest BCUT2D eigenvalue weighted by atomic mass is 35.5. The zero-order valence-electron chi connectivity index (χ0n) is 7.48. The second kappa shape index (κ2) is 3.58. The molecule has 0 aliphatic carbocycles. The molecule has 0 saturated carbocycles. The number of aromatic nitrogens is 2. The van der Waals surface area contributed by atoms with Crippen LogP contribution in [0.25, 0.3) is 0 Å². The lowest BCUT2D eigenvalue weighted by Crippen LogP contribution is -2.28. The Morgan fingerprint density at radius 2 is 2.21 bits per heavy atom. The minimum Gasteiger partial charge on any atom is -0.324 e. The number of carbonyl (C=O) groups is 1. The molecular formula is C6H8ClN3O3S. The van der Waals surface area contributed by atoms with Gasteiger partial charge in [-0.25, -0.2) is 9.71 Å². The summed E-state index contributed by atoms with van der Waals surface area (Å²) in [5.74, 6) is -0.688. The summed E-state index contributed by atoms with van der Waals surface area (Å²) in [4.78, 5) is 14.2. The summed E-state index contributed by atoms with van der Waals surface area (Å²) in [7, 11) is -2.39. The van der Waals surface area contributed by atoms with Crippen molar-refractivity contribution in [3.8, 4) is 0 Å². The van der Waals surface area contributed by atoms with Crippen molar-refractivity contribution >= 4 is 27.5 Å². The molecule has 0 aromatic carbocycles. The van der Waals surface area contributed by atoms with E-state index < -0.39 is 15.9 Å². The van der Waals surface area contributed by atoms with Gasteiger partial charge >= 0.3 is 0 Å². The molecule has 1 rings (SSSR count). The number of imidazole rings is 1. The van der Waals surface area contributed by atoms with Crippen molar-refractivity contribution in [1.29, 1.82) is 0 Å². The van der Waals surface area contributed by atoms with Gasteiger partial charge in [-0.15, -0.1) is 0 Å². The second-order valence-electron chi connectivity index (χ2n) is 2.61. The Balaban J connectivity index is 3.17. The van der Waals surface area contributed by atoms with E-state index in [-0.39, 0.29) is 10.2 Å². The molecule has 0 radical (unpaired) electrons. The molecule has 0 saturated heterocycles. The number of halogens is 1. The van der Waals surface area contributed by atoms with Crippen LogP contribution in [0.2, 0.25) is 5.15 Å². The molecule has 1 aromatic rings. The van der Waals surface area contributed by atoms with Gasteiger partial charge in [0.05, 0.1) is 6.33 Å². The fourth-order valence-electron chi connectivity index (χ4n) is 0.812. The van der Waals surface area contributed by atoms with E-state index in [4.69, 9.17) is 11.6 Å². The number of rotatable bonds is 2. The first-order chi connectivity index (χ1) is 6.34. The number of nitrogens with one attached hydrogen (secondary N) is 1. The number of aryl methyl sites for hydroxylation is 1. The van der Waals surface area contributed by atoms with Crippen LogP contribution in [0, 0.1) is 0 Å². The first-order valence-electron chi connectivity index (χ1n) is 3.55. The standard InChI is InChI=1S/C6H8ClN3O3S/c1-4(11)9-14(12,13)6-5(7)10(2)3-8-6/h3H,1-2H3,(H,9,11). The van der Waals surface area contributed by atoms with Crippen LogP contribution in [0.1, 0.15) is 6.92 Å². The fraction of sp³-hybridized carbons (Fsp3) is 0.333. The maximum atomic E-state index is 11.4. The first kappa shape index (κ1) is 11.0. The zero-order chi connectivity index (χ0) is 10.9. The van der Waals surface area contributed by atoms with Crippen molar-refractivity contribution in [3.63, 3.8) is 0 Å². The highest BCUT2D eigenvalue weighted by molar-refractivity contribution is 7.90. The molecule has 0 aliphatic heterocycles. The van der Waals surface area contributed by atoms with Crippen molar-refractivity contribution in [2.45, 2.75) is 11.9 Å². The van der Waals surface area contributed by atoms with Gasteiger partial charge < -0.3 is 4.57 Å². The third-order valence-corrected chi connectivity index (χ3v) is 3.29. The molecule has 0 unspecified atom stereocenters. The molecule has 1 aromatic heterocycles. The Hall–Kier alpha value is -1.08. The van der Waals surface area contributed by atoms with E-state index in [1.165, 1.54) is 10.9 Å². The third kappa shape index (κ3) is 2.05. The molecule has 14 heavy (non-hydrogen) atoms. The summed E-state index contributed by atoms with van der Waals surface area (Å²) >= 11 is 5.65. The first-order valence-corrected chi connectivity index (χ1v) is 5.41. The predicted molar refractivity (Wildman–Crippen MR) is 49.2 cm³/mol. The molecule has 8 heteroatoms. The van der Waals surface area contributed by atoms with E-state index in [1.54, 1.807) is 11.8 Å². The van der Waals surface area contributed by atoms with Gasteiger partial charge in [0, 0.05) is 14.0 Å². The van der Waals surface area contributed by atoms with Gasteiger partial charge in [0.25, 0.3) is 10.0 Å². The third-order valence-electron chi connectivity index (χ3n) is 1.37. The van der Waals surface area contributed by atoms with Crippen LogP contribution in [0.15, 0.2) is 11.4 Å². The molecule has 0 bridgehead atoms. The average molecular weight is 238 g/mol. The lowest BCUT2D eigenvalue weighted by Gasteiger charge is -2.01. The van der Waals surface area contributed by atoms with Crippen LogP contribution in [-0.4, -0.2) is 23.9 Å². The number of hydrogen-bond acceptors (Lipinski definition) is 4. The maximum Gasteiger partial charge on any atom is 0.284 e. The second-order valence-corrected chi connectivity index (χ2v) is 4.57. The minimum atomic E-state index is -3.93. The molecule has 78 valence electrons. The number of carbonyl (C=O) groups excluding carboxylic acids is 1. The Bertz CT molecular complexity index is 465. The number of sulfonamides is 1. The molecule has 0 fully saturated rings. The highest BCUT2D eigenvalue weighted by Gasteiger charge is 2.22. The lowest BCUT2D eigenvalue weighted by atomic mass is 10.8. The maximum absolute atomic E-state index is 11.4. The molecule has 0 atom stereocenters. The fourth-order valence-corrected chi connectivity index (χ4v) is 2.24. The number of nitrogens with zero attached hydrogens (tertiary/aromatic N) is 2. The van der Waals surface area contributed by atoms with E-state index in [9.17, 15) is 13.2 Å².